The number of carbonyl (C=O) groups is 2. The van der Waals surface area contributed by atoms with Gasteiger partial charge in [0.05, 0.1) is 7.11 Å². The summed E-state index contributed by atoms with van der Waals surface area (Å²) in [7, 11) is 1.65. The Morgan fingerprint density at radius 3 is 2.28 bits per heavy atom. The molecule has 3 rings (SSSR count). The number of para-hydroxylation sites is 1. The van der Waals surface area contributed by atoms with Crippen LogP contribution in [0.5, 0.6) is 5.75 Å². The van der Waals surface area contributed by atoms with E-state index in [0.717, 1.165) is 35.8 Å². The van der Waals surface area contributed by atoms with E-state index in [4.69, 9.17) is 4.74 Å². The predicted molar refractivity (Wildman–Crippen MR) is 116 cm³/mol. The Labute approximate surface area is 172 Å². The summed E-state index contributed by atoms with van der Waals surface area (Å²) in [6.45, 7) is 6.88. The van der Waals surface area contributed by atoms with Gasteiger partial charge in [-0.15, -0.1) is 0 Å². The van der Waals surface area contributed by atoms with Gasteiger partial charge in [-0.1, -0.05) is 32.0 Å². The maximum Gasteiger partial charge on any atom is 0.233 e. The van der Waals surface area contributed by atoms with Gasteiger partial charge in [-0.3, -0.25) is 9.59 Å². The molecule has 0 spiro atoms. The van der Waals surface area contributed by atoms with Gasteiger partial charge in [0.1, 0.15) is 12.2 Å². The molecular formula is C23H29N3O3. The predicted octanol–water partition coefficient (Wildman–Crippen LogP) is 3.50. The summed E-state index contributed by atoms with van der Waals surface area (Å²) in [5, 5.41) is 2.90. The molecule has 0 saturated carbocycles. The first kappa shape index (κ1) is 20.7. The number of hydrogen-bond donors (Lipinski definition) is 1. The van der Waals surface area contributed by atoms with Crippen molar-refractivity contribution in [1.82, 2.24) is 4.90 Å². The molecular weight excluding hydrogens is 366 g/mol. The number of nitrogens with one attached hydrogen (secondary N) is 1. The highest BCUT2D eigenvalue weighted by molar-refractivity contribution is 6.04. The van der Waals surface area contributed by atoms with Crippen LogP contribution in [-0.2, 0) is 9.59 Å². The average molecular weight is 396 g/mol. The van der Waals surface area contributed by atoms with Crippen molar-refractivity contribution in [3.63, 3.8) is 0 Å². The number of piperazine rings is 1. The van der Waals surface area contributed by atoms with Gasteiger partial charge in [-0.2, -0.15) is 0 Å². The minimum Gasteiger partial charge on any atom is -0.497 e. The number of benzene rings is 2. The van der Waals surface area contributed by atoms with Crippen molar-refractivity contribution in [3.8, 4) is 5.75 Å². The summed E-state index contributed by atoms with van der Waals surface area (Å²) >= 11 is 0. The van der Waals surface area contributed by atoms with Crippen LogP contribution in [0.1, 0.15) is 31.7 Å². The maximum absolute atomic E-state index is 12.6. The number of rotatable bonds is 6. The number of hydrogen-bond acceptors (Lipinski definition) is 4. The SMILES string of the molecule is COc1ccc(N2CCN(C(=O)CC(=O)Nc3ccccc3C(C)C)CC2)cc1. The Kier molecular flexibility index (Phi) is 6.75. The van der Waals surface area contributed by atoms with Crippen molar-refractivity contribution >= 4 is 23.2 Å². The molecule has 1 N–H and O–H groups in total. The Hall–Kier alpha value is -3.02. The van der Waals surface area contributed by atoms with E-state index in [1.807, 2.05) is 48.5 Å². The van der Waals surface area contributed by atoms with Crippen LogP contribution in [0, 0.1) is 0 Å². The molecule has 0 unspecified atom stereocenters. The van der Waals surface area contributed by atoms with Crippen LogP contribution in [0.15, 0.2) is 48.5 Å². The quantitative estimate of drug-likeness (QED) is 0.761. The standard InChI is InChI=1S/C23H29N3O3/c1-17(2)20-6-4-5-7-21(20)24-22(27)16-23(28)26-14-12-25(13-15-26)18-8-10-19(29-3)11-9-18/h4-11,17H,12-16H2,1-3H3,(H,24,27). The molecule has 0 atom stereocenters. The molecule has 0 bridgehead atoms. The minimum atomic E-state index is -0.263. The number of ether oxygens (including phenoxy) is 1. The van der Waals surface area contributed by atoms with Crippen LogP contribution < -0.4 is 15.0 Å². The molecule has 1 fully saturated rings. The monoisotopic (exact) mass is 395 g/mol. The Morgan fingerprint density at radius 2 is 1.66 bits per heavy atom. The van der Waals surface area contributed by atoms with Crippen molar-refractivity contribution in [2.75, 3.05) is 43.5 Å². The van der Waals surface area contributed by atoms with Crippen molar-refractivity contribution in [2.45, 2.75) is 26.2 Å². The third-order valence-electron chi connectivity index (χ3n) is 5.24. The average Bonchev–Trinajstić information content (AvgIpc) is 2.74. The van der Waals surface area contributed by atoms with Crippen LogP contribution in [0.2, 0.25) is 0 Å². The highest BCUT2D eigenvalue weighted by Gasteiger charge is 2.23. The number of carbonyl (C=O) groups excluding carboxylic acids is 2. The third kappa shape index (κ3) is 5.28. The lowest BCUT2D eigenvalue weighted by molar-refractivity contribution is -0.134. The Balaban J connectivity index is 1.51. The van der Waals surface area contributed by atoms with Crippen molar-refractivity contribution in [3.05, 3.63) is 54.1 Å². The normalized spacial score (nSPS) is 14.1. The highest BCUT2D eigenvalue weighted by Crippen LogP contribution is 2.24. The van der Waals surface area contributed by atoms with E-state index in [-0.39, 0.29) is 18.2 Å². The van der Waals surface area contributed by atoms with E-state index >= 15 is 0 Å². The molecule has 6 nitrogen and oxygen atoms in total. The summed E-state index contributed by atoms with van der Waals surface area (Å²) in [5.74, 6) is 0.737. The summed E-state index contributed by atoms with van der Waals surface area (Å²) in [6, 6.07) is 15.6. The summed E-state index contributed by atoms with van der Waals surface area (Å²) in [5.41, 5.74) is 2.96. The molecule has 154 valence electrons. The molecule has 0 aliphatic carbocycles. The largest absolute Gasteiger partial charge is 0.497 e. The molecule has 2 aromatic carbocycles. The van der Waals surface area contributed by atoms with Gasteiger partial charge in [0.2, 0.25) is 11.8 Å². The van der Waals surface area contributed by atoms with Crippen molar-refractivity contribution in [2.24, 2.45) is 0 Å². The molecule has 1 saturated heterocycles. The second-order valence-electron chi connectivity index (χ2n) is 7.53. The first-order chi connectivity index (χ1) is 14.0. The molecule has 6 heteroatoms. The van der Waals surface area contributed by atoms with Gasteiger partial charge in [0, 0.05) is 37.6 Å². The van der Waals surface area contributed by atoms with E-state index in [0.29, 0.717) is 19.0 Å². The van der Waals surface area contributed by atoms with E-state index in [1.54, 1.807) is 12.0 Å². The number of amides is 2. The second kappa shape index (κ2) is 9.45. The van der Waals surface area contributed by atoms with Crippen LogP contribution in [0.3, 0.4) is 0 Å². The van der Waals surface area contributed by atoms with Crippen LogP contribution >= 0.6 is 0 Å². The fraction of sp³-hybridized carbons (Fsp3) is 0.391. The minimum absolute atomic E-state index is 0.126. The summed E-state index contributed by atoms with van der Waals surface area (Å²) in [4.78, 5) is 29.0. The lowest BCUT2D eigenvalue weighted by Gasteiger charge is -2.36. The van der Waals surface area contributed by atoms with Gasteiger partial charge >= 0.3 is 0 Å². The first-order valence-electron chi connectivity index (χ1n) is 10.0. The topological polar surface area (TPSA) is 61.9 Å². The second-order valence-corrected chi connectivity index (χ2v) is 7.53. The summed E-state index contributed by atoms with van der Waals surface area (Å²) < 4.78 is 5.20. The number of methoxy groups -OCH3 is 1. The van der Waals surface area contributed by atoms with E-state index < -0.39 is 0 Å². The number of nitrogens with zero attached hydrogens (tertiary/aromatic N) is 2. The molecule has 1 aliphatic rings. The van der Waals surface area contributed by atoms with E-state index in [1.165, 1.54) is 0 Å². The summed E-state index contributed by atoms with van der Waals surface area (Å²) in [6.07, 6.45) is -0.130. The highest BCUT2D eigenvalue weighted by atomic mass is 16.5. The zero-order chi connectivity index (χ0) is 20.8. The fourth-order valence-corrected chi connectivity index (χ4v) is 3.56. The maximum atomic E-state index is 12.6. The molecule has 2 amide bonds. The fourth-order valence-electron chi connectivity index (χ4n) is 3.56. The molecule has 29 heavy (non-hydrogen) atoms. The first-order valence-corrected chi connectivity index (χ1v) is 10.0. The van der Waals surface area contributed by atoms with Crippen LogP contribution in [0.25, 0.3) is 0 Å². The number of anilines is 2. The lowest BCUT2D eigenvalue weighted by Crippen LogP contribution is -2.49. The Bertz CT molecular complexity index is 841. The van der Waals surface area contributed by atoms with Gasteiger partial charge in [0.15, 0.2) is 0 Å². The van der Waals surface area contributed by atoms with Crippen molar-refractivity contribution < 1.29 is 14.3 Å². The molecule has 1 aliphatic heterocycles. The van der Waals surface area contributed by atoms with Gasteiger partial charge < -0.3 is 19.9 Å². The van der Waals surface area contributed by atoms with Crippen LogP contribution in [-0.4, -0.2) is 50.0 Å². The lowest BCUT2D eigenvalue weighted by atomic mass is 10.0. The van der Waals surface area contributed by atoms with E-state index in [9.17, 15) is 9.59 Å². The van der Waals surface area contributed by atoms with E-state index in [2.05, 4.69) is 24.1 Å². The zero-order valence-corrected chi connectivity index (χ0v) is 17.4. The van der Waals surface area contributed by atoms with Crippen LogP contribution in [0.4, 0.5) is 11.4 Å². The molecule has 0 aromatic heterocycles. The van der Waals surface area contributed by atoms with Crippen molar-refractivity contribution in [1.29, 1.82) is 0 Å². The van der Waals surface area contributed by atoms with Gasteiger partial charge in [0.25, 0.3) is 0 Å². The Morgan fingerprint density at radius 1 is 1.00 bits per heavy atom. The molecule has 2 aromatic rings. The zero-order valence-electron chi connectivity index (χ0n) is 17.4. The third-order valence-corrected chi connectivity index (χ3v) is 5.24. The van der Waals surface area contributed by atoms with Gasteiger partial charge in [-0.05, 0) is 41.8 Å². The molecule has 1 heterocycles. The van der Waals surface area contributed by atoms with Gasteiger partial charge in [-0.25, -0.2) is 0 Å². The smallest absolute Gasteiger partial charge is 0.233 e. The molecule has 0 radical (unpaired) electrons.